The molecule has 0 fully saturated rings. The first-order valence-corrected chi connectivity index (χ1v) is 14.3. The highest BCUT2D eigenvalue weighted by molar-refractivity contribution is 8.03. The SMILES string of the molecule is Cc1ccc(Sc2ccc([S+](c3ccccc3)c3ccccc3)s2)s1.O=S(=O)([O-])C(F)(F)F. The van der Waals surface area contributed by atoms with Crippen molar-refractivity contribution >= 4 is 55.4 Å². The quantitative estimate of drug-likeness (QED) is 0.149. The Kier molecular flexibility index (Phi) is 8.70. The molecule has 0 bridgehead atoms. The molecule has 0 N–H and O–H groups in total. The van der Waals surface area contributed by atoms with E-state index in [9.17, 15) is 13.2 Å². The molecule has 0 aliphatic carbocycles. The Labute approximate surface area is 205 Å². The largest absolute Gasteiger partial charge is 0.741 e. The van der Waals surface area contributed by atoms with E-state index in [0.29, 0.717) is 0 Å². The predicted molar refractivity (Wildman–Crippen MR) is 128 cm³/mol. The maximum atomic E-state index is 10.7. The van der Waals surface area contributed by atoms with Gasteiger partial charge in [0, 0.05) is 10.9 Å². The fourth-order valence-electron chi connectivity index (χ4n) is 2.52. The highest BCUT2D eigenvalue weighted by Crippen LogP contribution is 2.42. The van der Waals surface area contributed by atoms with Crippen LogP contribution in [0.25, 0.3) is 0 Å². The molecule has 0 saturated heterocycles. The summed E-state index contributed by atoms with van der Waals surface area (Å²) in [6, 6.07) is 30.7. The minimum absolute atomic E-state index is 0.0380. The lowest BCUT2D eigenvalue weighted by Crippen LogP contribution is -2.21. The zero-order chi connectivity index (χ0) is 24.1. The van der Waals surface area contributed by atoms with Crippen molar-refractivity contribution in [3.63, 3.8) is 0 Å². The zero-order valence-electron chi connectivity index (χ0n) is 17.0. The van der Waals surface area contributed by atoms with Crippen molar-refractivity contribution in [2.75, 3.05) is 0 Å². The molecule has 0 aliphatic heterocycles. The lowest BCUT2D eigenvalue weighted by molar-refractivity contribution is -0.0517. The summed E-state index contributed by atoms with van der Waals surface area (Å²) >= 11 is 5.66. The van der Waals surface area contributed by atoms with E-state index in [-0.39, 0.29) is 10.9 Å². The van der Waals surface area contributed by atoms with Gasteiger partial charge >= 0.3 is 5.51 Å². The van der Waals surface area contributed by atoms with Gasteiger partial charge in [-0.1, -0.05) is 59.5 Å². The van der Waals surface area contributed by atoms with Crippen molar-refractivity contribution in [3.8, 4) is 0 Å². The van der Waals surface area contributed by atoms with Crippen LogP contribution in [0, 0.1) is 6.92 Å². The Morgan fingerprint density at radius 2 is 1.24 bits per heavy atom. The first-order valence-electron chi connectivity index (χ1n) is 9.25. The van der Waals surface area contributed by atoms with Crippen LogP contribution in [0.1, 0.15) is 4.88 Å². The molecule has 0 aliphatic rings. The second kappa shape index (κ2) is 11.1. The molecule has 4 rings (SSSR count). The average Bonchev–Trinajstić information content (AvgIpc) is 3.38. The Morgan fingerprint density at radius 3 is 1.67 bits per heavy atom. The second-order valence-corrected chi connectivity index (χ2v) is 14.0. The lowest BCUT2D eigenvalue weighted by atomic mass is 10.4. The van der Waals surface area contributed by atoms with Gasteiger partial charge in [0.2, 0.25) is 4.21 Å². The van der Waals surface area contributed by atoms with Gasteiger partial charge in [-0.2, -0.15) is 13.2 Å². The number of benzene rings is 2. The monoisotopic (exact) mass is 546 g/mol. The van der Waals surface area contributed by atoms with E-state index in [1.165, 1.54) is 27.3 Å². The van der Waals surface area contributed by atoms with Crippen LogP contribution < -0.4 is 0 Å². The van der Waals surface area contributed by atoms with E-state index >= 15 is 0 Å². The Bertz CT molecular complexity index is 1230. The lowest BCUT2D eigenvalue weighted by Gasteiger charge is -2.08. The van der Waals surface area contributed by atoms with Crippen molar-refractivity contribution in [3.05, 3.63) is 89.8 Å². The fourth-order valence-corrected chi connectivity index (χ4v) is 8.88. The third-order valence-corrected chi connectivity index (χ3v) is 10.4. The summed E-state index contributed by atoms with van der Waals surface area (Å²) in [4.78, 5) is 4.12. The number of thiophene rings is 2. The number of alkyl halides is 3. The van der Waals surface area contributed by atoms with Crippen LogP contribution in [-0.4, -0.2) is 18.5 Å². The van der Waals surface area contributed by atoms with Gasteiger partial charge in [0.25, 0.3) is 0 Å². The molecule has 4 aromatic rings. The number of rotatable bonds is 5. The van der Waals surface area contributed by atoms with Gasteiger partial charge in [-0.3, -0.25) is 0 Å². The van der Waals surface area contributed by atoms with Gasteiger partial charge in [-0.15, -0.1) is 11.3 Å². The van der Waals surface area contributed by atoms with Crippen LogP contribution >= 0.6 is 34.4 Å². The molecular weight excluding hydrogens is 530 g/mol. The Hall–Kier alpha value is -1.76. The summed E-state index contributed by atoms with van der Waals surface area (Å²) in [5.41, 5.74) is -5.65. The van der Waals surface area contributed by atoms with Gasteiger partial charge in [0.05, 0.1) is 8.42 Å². The molecule has 0 radical (unpaired) electrons. The van der Waals surface area contributed by atoms with Crippen LogP contribution in [0.15, 0.2) is 107 Å². The molecule has 33 heavy (non-hydrogen) atoms. The van der Waals surface area contributed by atoms with E-state index in [1.807, 2.05) is 34.4 Å². The molecule has 174 valence electrons. The van der Waals surface area contributed by atoms with Gasteiger partial charge in [0.15, 0.2) is 19.9 Å². The number of hydrogen-bond acceptors (Lipinski definition) is 6. The van der Waals surface area contributed by atoms with Gasteiger partial charge in [-0.05, 0) is 49.4 Å². The third kappa shape index (κ3) is 7.36. The minimum Gasteiger partial charge on any atom is -0.741 e. The van der Waals surface area contributed by atoms with Crippen molar-refractivity contribution in [2.45, 2.75) is 34.9 Å². The standard InChI is InChI=1S/C21H17S4.CHF3O3S/c1-16-12-13-19(22-16)23-20-14-15-21(24-20)25(17-8-4-2-5-9-17)18-10-6-3-7-11-18;2-1(3,4)8(5,6)7/h2-15H,1H3;(H,5,6,7)/q+1;/p-1. The number of aryl methyl sites for hydroxylation is 1. The summed E-state index contributed by atoms with van der Waals surface area (Å²) in [5, 5.41) is 0. The molecule has 0 amide bonds. The summed E-state index contributed by atoms with van der Waals surface area (Å²) < 4.78 is 63.1. The number of hydrogen-bond donors (Lipinski definition) is 0. The van der Waals surface area contributed by atoms with Crippen LogP contribution in [0.4, 0.5) is 13.2 Å². The molecule has 2 heterocycles. The van der Waals surface area contributed by atoms with Gasteiger partial charge in [0.1, 0.15) is 10.9 Å². The van der Waals surface area contributed by atoms with E-state index in [2.05, 4.69) is 91.9 Å². The van der Waals surface area contributed by atoms with E-state index < -0.39 is 15.6 Å². The van der Waals surface area contributed by atoms with Crippen molar-refractivity contribution in [1.29, 1.82) is 0 Å². The molecule has 0 atom stereocenters. The van der Waals surface area contributed by atoms with E-state index in [4.69, 9.17) is 13.0 Å². The maximum absolute atomic E-state index is 10.7. The molecule has 0 unspecified atom stereocenters. The smallest absolute Gasteiger partial charge is 0.485 e. The Morgan fingerprint density at radius 1 is 0.788 bits per heavy atom. The number of halogens is 3. The van der Waals surface area contributed by atoms with Crippen molar-refractivity contribution < 1.29 is 26.1 Å². The molecular formula is C22H17F3O3S5. The molecule has 0 saturated carbocycles. The first kappa shape index (κ1) is 25.9. The molecule has 11 heteroatoms. The summed E-state index contributed by atoms with van der Waals surface area (Å²) in [5.74, 6) is 0. The van der Waals surface area contributed by atoms with E-state index in [0.717, 1.165) is 0 Å². The highest BCUT2D eigenvalue weighted by atomic mass is 32.2. The average molecular weight is 547 g/mol. The van der Waals surface area contributed by atoms with Gasteiger partial charge < -0.3 is 4.55 Å². The predicted octanol–water partition coefficient (Wildman–Crippen LogP) is 7.42. The molecule has 2 aromatic carbocycles. The molecule has 2 aromatic heterocycles. The van der Waals surface area contributed by atoms with Gasteiger partial charge in [-0.25, -0.2) is 8.42 Å². The zero-order valence-corrected chi connectivity index (χ0v) is 21.1. The minimum atomic E-state index is -6.09. The third-order valence-electron chi connectivity index (χ3n) is 3.92. The van der Waals surface area contributed by atoms with Crippen LogP contribution in [0.2, 0.25) is 0 Å². The second-order valence-electron chi connectivity index (χ2n) is 6.37. The van der Waals surface area contributed by atoms with Crippen LogP contribution in [-0.2, 0) is 21.0 Å². The Balaban J connectivity index is 0.000000331. The normalized spacial score (nSPS) is 11.8. The highest BCUT2D eigenvalue weighted by Gasteiger charge is 2.37. The molecule has 0 spiro atoms. The first-order chi connectivity index (χ1) is 15.5. The summed E-state index contributed by atoms with van der Waals surface area (Å²) in [6.45, 7) is 2.16. The fraction of sp³-hybridized carbons (Fsp3) is 0.0909. The van der Waals surface area contributed by atoms with Crippen LogP contribution in [0.5, 0.6) is 0 Å². The van der Waals surface area contributed by atoms with Crippen LogP contribution in [0.3, 0.4) is 0 Å². The summed E-state index contributed by atoms with van der Waals surface area (Å²) in [6.07, 6.45) is 0. The van der Waals surface area contributed by atoms with Crippen molar-refractivity contribution in [2.24, 2.45) is 0 Å². The van der Waals surface area contributed by atoms with E-state index in [1.54, 1.807) is 0 Å². The molecule has 3 nitrogen and oxygen atoms in total. The summed E-state index contributed by atoms with van der Waals surface area (Å²) in [7, 11) is -6.13. The van der Waals surface area contributed by atoms with Crippen molar-refractivity contribution in [1.82, 2.24) is 0 Å². The maximum Gasteiger partial charge on any atom is 0.485 e. The topological polar surface area (TPSA) is 57.2 Å².